The zero-order chi connectivity index (χ0) is 13.2. The highest BCUT2D eigenvalue weighted by molar-refractivity contribution is 5.10. The van der Waals surface area contributed by atoms with E-state index in [4.69, 9.17) is 5.73 Å². The molecule has 1 fully saturated rings. The fourth-order valence-electron chi connectivity index (χ4n) is 3.10. The molecule has 2 N–H and O–H groups in total. The highest BCUT2D eigenvalue weighted by atomic mass is 15.1. The number of aromatic nitrogens is 2. The molecule has 1 saturated carbocycles. The normalized spacial score (nSPS) is 25.3. The first-order valence-corrected chi connectivity index (χ1v) is 7.30. The monoisotopic (exact) mass is 249 g/mol. The molecule has 102 valence electrons. The van der Waals surface area contributed by atoms with Gasteiger partial charge in [-0.1, -0.05) is 26.2 Å². The molecule has 18 heavy (non-hydrogen) atoms. The van der Waals surface area contributed by atoms with E-state index in [1.165, 1.54) is 32.1 Å². The lowest BCUT2D eigenvalue weighted by Gasteiger charge is -2.29. The highest BCUT2D eigenvalue weighted by Gasteiger charge is 2.23. The van der Waals surface area contributed by atoms with Crippen LogP contribution in [0.4, 0.5) is 0 Å². The summed E-state index contributed by atoms with van der Waals surface area (Å²) in [7, 11) is 0. The summed E-state index contributed by atoms with van der Waals surface area (Å²) in [6.45, 7) is 7.51. The summed E-state index contributed by atoms with van der Waals surface area (Å²) in [6, 6.07) is 0. The molecule has 0 atom stereocenters. The van der Waals surface area contributed by atoms with Crippen molar-refractivity contribution in [3.8, 4) is 0 Å². The van der Waals surface area contributed by atoms with Gasteiger partial charge in [-0.25, -0.2) is 4.98 Å². The van der Waals surface area contributed by atoms with Crippen LogP contribution in [-0.4, -0.2) is 9.55 Å². The molecule has 0 radical (unpaired) electrons. The van der Waals surface area contributed by atoms with Crippen molar-refractivity contribution in [2.24, 2.45) is 17.6 Å². The van der Waals surface area contributed by atoms with Crippen molar-refractivity contribution in [3.05, 3.63) is 18.2 Å². The molecule has 0 bridgehead atoms. The maximum Gasteiger partial charge on any atom is 0.0948 e. The largest absolute Gasteiger partial charge is 0.333 e. The summed E-state index contributed by atoms with van der Waals surface area (Å²) in [5, 5.41) is 0. The first-order chi connectivity index (χ1) is 8.50. The first kappa shape index (κ1) is 13.6. The van der Waals surface area contributed by atoms with Gasteiger partial charge in [-0.05, 0) is 38.5 Å². The van der Waals surface area contributed by atoms with Gasteiger partial charge in [0.1, 0.15) is 0 Å². The quantitative estimate of drug-likeness (QED) is 0.890. The fourth-order valence-corrected chi connectivity index (χ4v) is 3.10. The summed E-state index contributed by atoms with van der Waals surface area (Å²) in [5.41, 5.74) is 7.05. The Morgan fingerprint density at radius 3 is 2.44 bits per heavy atom. The molecule has 0 amide bonds. The summed E-state index contributed by atoms with van der Waals surface area (Å²) >= 11 is 0. The van der Waals surface area contributed by atoms with E-state index in [-0.39, 0.29) is 5.54 Å². The minimum atomic E-state index is -0.295. The van der Waals surface area contributed by atoms with Gasteiger partial charge in [-0.15, -0.1) is 0 Å². The van der Waals surface area contributed by atoms with Crippen LogP contribution in [-0.2, 0) is 12.1 Å². The van der Waals surface area contributed by atoms with Gasteiger partial charge >= 0.3 is 0 Å². The van der Waals surface area contributed by atoms with Gasteiger partial charge in [0.05, 0.1) is 17.6 Å². The molecule has 2 rings (SSSR count). The van der Waals surface area contributed by atoms with Crippen LogP contribution in [0, 0.1) is 11.8 Å². The van der Waals surface area contributed by atoms with Gasteiger partial charge in [-0.2, -0.15) is 0 Å². The van der Waals surface area contributed by atoms with Crippen LogP contribution < -0.4 is 5.73 Å². The van der Waals surface area contributed by atoms with Crippen LogP contribution in [0.15, 0.2) is 12.5 Å². The lowest BCUT2D eigenvalue weighted by Crippen LogP contribution is -2.32. The zero-order valence-electron chi connectivity index (χ0n) is 12.0. The molecule has 1 aliphatic rings. The average molecular weight is 249 g/mol. The number of nitrogens with two attached hydrogens (primary N) is 1. The van der Waals surface area contributed by atoms with Crippen LogP contribution in [0.1, 0.15) is 58.6 Å². The van der Waals surface area contributed by atoms with Crippen molar-refractivity contribution in [2.45, 2.75) is 65.0 Å². The summed E-state index contributed by atoms with van der Waals surface area (Å²) in [4.78, 5) is 4.27. The van der Waals surface area contributed by atoms with Gasteiger partial charge in [0.25, 0.3) is 0 Å². The van der Waals surface area contributed by atoms with Crippen molar-refractivity contribution in [1.29, 1.82) is 0 Å². The van der Waals surface area contributed by atoms with Crippen molar-refractivity contribution in [3.63, 3.8) is 0 Å². The number of hydrogen-bond donors (Lipinski definition) is 1. The molecular formula is C15H27N3. The molecule has 3 heteroatoms. The minimum absolute atomic E-state index is 0.295. The Kier molecular flexibility index (Phi) is 4.10. The Labute approximate surface area is 111 Å². The van der Waals surface area contributed by atoms with Gasteiger partial charge in [0, 0.05) is 12.7 Å². The summed E-state index contributed by atoms with van der Waals surface area (Å²) < 4.78 is 2.26. The van der Waals surface area contributed by atoms with E-state index in [9.17, 15) is 0 Å². The fraction of sp³-hybridized carbons (Fsp3) is 0.800. The predicted octanol–water partition coefficient (Wildman–Crippen LogP) is 3.29. The SMILES string of the molecule is CCC1CCC(Cn2cncc2C(C)(C)N)CC1. The summed E-state index contributed by atoms with van der Waals surface area (Å²) in [5.74, 6) is 1.78. The lowest BCUT2D eigenvalue weighted by atomic mass is 9.81. The van der Waals surface area contributed by atoms with Gasteiger partial charge in [0.2, 0.25) is 0 Å². The first-order valence-electron chi connectivity index (χ1n) is 7.30. The Bertz CT molecular complexity index is 367. The Hall–Kier alpha value is -0.830. The van der Waals surface area contributed by atoms with Crippen LogP contribution in [0.5, 0.6) is 0 Å². The third-order valence-corrected chi connectivity index (χ3v) is 4.37. The Morgan fingerprint density at radius 1 is 1.28 bits per heavy atom. The molecule has 0 unspecified atom stereocenters. The second-order valence-electron chi connectivity index (χ2n) is 6.45. The maximum absolute atomic E-state index is 6.19. The third kappa shape index (κ3) is 3.14. The lowest BCUT2D eigenvalue weighted by molar-refractivity contribution is 0.244. The molecule has 1 aromatic heterocycles. The van der Waals surface area contributed by atoms with Crippen LogP contribution >= 0.6 is 0 Å². The summed E-state index contributed by atoms with van der Waals surface area (Å²) in [6.07, 6.45) is 10.7. The van der Waals surface area contributed by atoms with Crippen LogP contribution in [0.3, 0.4) is 0 Å². The highest BCUT2D eigenvalue weighted by Crippen LogP contribution is 2.32. The number of imidazole rings is 1. The molecule has 0 aromatic carbocycles. The number of nitrogens with zero attached hydrogens (tertiary/aromatic N) is 2. The standard InChI is InChI=1S/C15H27N3/c1-4-12-5-7-13(8-6-12)10-18-11-17-9-14(18)15(2,3)16/h9,11-13H,4-8,10,16H2,1-3H3. The smallest absolute Gasteiger partial charge is 0.0948 e. The number of hydrogen-bond acceptors (Lipinski definition) is 2. The Morgan fingerprint density at radius 2 is 1.89 bits per heavy atom. The number of rotatable bonds is 4. The third-order valence-electron chi connectivity index (χ3n) is 4.37. The van der Waals surface area contributed by atoms with E-state index < -0.39 is 0 Å². The van der Waals surface area contributed by atoms with Gasteiger partial charge in [-0.3, -0.25) is 0 Å². The van der Waals surface area contributed by atoms with Crippen LogP contribution in [0.25, 0.3) is 0 Å². The predicted molar refractivity (Wildman–Crippen MR) is 75.2 cm³/mol. The topological polar surface area (TPSA) is 43.8 Å². The molecule has 0 saturated heterocycles. The molecular weight excluding hydrogens is 222 g/mol. The van der Waals surface area contributed by atoms with Crippen molar-refractivity contribution >= 4 is 0 Å². The van der Waals surface area contributed by atoms with E-state index in [2.05, 4.69) is 30.3 Å². The van der Waals surface area contributed by atoms with Crippen LogP contribution in [0.2, 0.25) is 0 Å². The minimum Gasteiger partial charge on any atom is -0.333 e. The molecule has 1 aromatic rings. The van der Waals surface area contributed by atoms with E-state index in [1.807, 2.05) is 12.5 Å². The van der Waals surface area contributed by atoms with E-state index in [1.54, 1.807) is 0 Å². The van der Waals surface area contributed by atoms with E-state index in [0.717, 1.165) is 24.1 Å². The second kappa shape index (κ2) is 5.43. The molecule has 0 aliphatic heterocycles. The molecule has 3 nitrogen and oxygen atoms in total. The molecule has 0 spiro atoms. The maximum atomic E-state index is 6.19. The van der Waals surface area contributed by atoms with Gasteiger partial charge < -0.3 is 10.3 Å². The Balaban J connectivity index is 1.97. The van der Waals surface area contributed by atoms with Crippen molar-refractivity contribution < 1.29 is 0 Å². The van der Waals surface area contributed by atoms with E-state index >= 15 is 0 Å². The van der Waals surface area contributed by atoms with E-state index in [0.29, 0.717) is 0 Å². The average Bonchev–Trinajstić information content (AvgIpc) is 2.78. The molecule has 1 aliphatic carbocycles. The van der Waals surface area contributed by atoms with Crippen molar-refractivity contribution in [2.75, 3.05) is 0 Å². The second-order valence-corrected chi connectivity index (χ2v) is 6.45. The zero-order valence-corrected chi connectivity index (χ0v) is 12.0. The molecule has 1 heterocycles. The van der Waals surface area contributed by atoms with Crippen molar-refractivity contribution in [1.82, 2.24) is 9.55 Å². The van der Waals surface area contributed by atoms with Gasteiger partial charge in [0.15, 0.2) is 0 Å².